The van der Waals surface area contributed by atoms with Gasteiger partial charge >= 0.3 is 0 Å². The minimum Gasteiger partial charge on any atom is -0.495 e. The highest BCUT2D eigenvalue weighted by Crippen LogP contribution is 2.32. The lowest BCUT2D eigenvalue weighted by molar-refractivity contribution is -0.146. The minimum absolute atomic E-state index is 0.00166. The third-order valence-electron chi connectivity index (χ3n) is 7.50. The second-order valence-electron chi connectivity index (χ2n) is 11.7. The zero-order chi connectivity index (χ0) is 29.4. The van der Waals surface area contributed by atoms with Crippen LogP contribution in [0.15, 0.2) is 24.4 Å². The summed E-state index contributed by atoms with van der Waals surface area (Å²) in [5, 5.41) is 4.14. The lowest BCUT2D eigenvalue weighted by Gasteiger charge is -2.41. The molecule has 1 atom stereocenters. The summed E-state index contributed by atoms with van der Waals surface area (Å²) >= 11 is 0. The van der Waals surface area contributed by atoms with Gasteiger partial charge in [0, 0.05) is 25.2 Å². The molecule has 2 aromatic rings. The highest BCUT2D eigenvalue weighted by atomic mass is 16.5. The van der Waals surface area contributed by atoms with Crippen LogP contribution in [0.3, 0.4) is 0 Å². The first kappa shape index (κ1) is 31.5. The Morgan fingerprint density at radius 2 is 1.70 bits per heavy atom. The fourth-order valence-electron chi connectivity index (χ4n) is 5.29. The zero-order valence-corrected chi connectivity index (χ0v) is 25.5. The van der Waals surface area contributed by atoms with E-state index in [1.54, 1.807) is 23.1 Å². The maximum Gasteiger partial charge on any atom is 0.258 e. The molecular weight excluding hydrogens is 506 g/mol. The SMILES string of the molecule is CC(C)C.CCCC.COc1cccc2c(C(=O)N3CC(=O)N4CC(=O)N(CC5CCNCC5)CC43)cn(C)c12. The molecule has 3 aliphatic heterocycles. The van der Waals surface area contributed by atoms with E-state index in [1.807, 2.05) is 34.7 Å². The summed E-state index contributed by atoms with van der Waals surface area (Å²) < 4.78 is 7.35. The van der Waals surface area contributed by atoms with Crippen LogP contribution in [0.5, 0.6) is 5.75 Å². The predicted octanol–water partition coefficient (Wildman–Crippen LogP) is 4.11. The van der Waals surface area contributed by atoms with Gasteiger partial charge in [0.15, 0.2) is 0 Å². The number of rotatable bonds is 5. The molecule has 3 aliphatic rings. The van der Waals surface area contributed by atoms with Crippen molar-refractivity contribution in [1.29, 1.82) is 0 Å². The van der Waals surface area contributed by atoms with Gasteiger partial charge in [-0.25, -0.2) is 0 Å². The summed E-state index contributed by atoms with van der Waals surface area (Å²) in [6.45, 7) is 13.9. The third kappa shape index (κ3) is 7.36. The minimum atomic E-state index is -0.421. The number of piperazine rings is 1. The summed E-state index contributed by atoms with van der Waals surface area (Å²) in [6.07, 6.45) is 6.09. The van der Waals surface area contributed by atoms with E-state index in [4.69, 9.17) is 4.74 Å². The van der Waals surface area contributed by atoms with Gasteiger partial charge in [0.1, 0.15) is 25.0 Å². The van der Waals surface area contributed by atoms with Gasteiger partial charge in [-0.1, -0.05) is 59.6 Å². The number of methoxy groups -OCH3 is 1. The second kappa shape index (κ2) is 14.5. The molecule has 1 unspecified atom stereocenters. The van der Waals surface area contributed by atoms with Gasteiger partial charge in [-0.3, -0.25) is 14.4 Å². The molecule has 9 nitrogen and oxygen atoms in total. The highest BCUT2D eigenvalue weighted by Gasteiger charge is 2.46. The fourth-order valence-corrected chi connectivity index (χ4v) is 5.29. The molecule has 1 aromatic carbocycles. The molecule has 3 saturated heterocycles. The maximum atomic E-state index is 13.6. The topological polar surface area (TPSA) is 87.1 Å². The maximum absolute atomic E-state index is 13.6. The molecule has 9 heteroatoms. The van der Waals surface area contributed by atoms with Crippen molar-refractivity contribution in [3.8, 4) is 5.75 Å². The Morgan fingerprint density at radius 1 is 1.05 bits per heavy atom. The van der Waals surface area contributed by atoms with E-state index in [9.17, 15) is 14.4 Å². The number of unbranched alkanes of at least 4 members (excludes halogenated alkanes) is 1. The number of fused-ring (bicyclic) bond motifs is 2. The molecule has 3 amide bonds. The number of nitrogens with zero attached hydrogens (tertiary/aromatic N) is 4. The summed E-state index contributed by atoms with van der Waals surface area (Å²) in [7, 11) is 3.49. The number of para-hydroxylation sites is 1. The van der Waals surface area contributed by atoms with Crippen LogP contribution in [-0.2, 0) is 16.6 Å². The molecule has 0 radical (unpaired) electrons. The van der Waals surface area contributed by atoms with Crippen molar-refractivity contribution in [2.75, 3.05) is 46.4 Å². The van der Waals surface area contributed by atoms with Crippen LogP contribution in [-0.4, -0.2) is 89.5 Å². The monoisotopic (exact) mass is 555 g/mol. The van der Waals surface area contributed by atoms with Crippen molar-refractivity contribution >= 4 is 28.6 Å². The first-order valence-electron chi connectivity index (χ1n) is 14.8. The average Bonchev–Trinajstić information content (AvgIpc) is 3.45. The number of nitrogens with one attached hydrogen (secondary N) is 1. The van der Waals surface area contributed by atoms with E-state index >= 15 is 0 Å². The van der Waals surface area contributed by atoms with Gasteiger partial charge in [0.05, 0.1) is 24.7 Å². The van der Waals surface area contributed by atoms with E-state index in [2.05, 4.69) is 39.9 Å². The number of ether oxygens (including phenoxy) is 1. The van der Waals surface area contributed by atoms with Crippen molar-refractivity contribution in [2.24, 2.45) is 18.9 Å². The molecule has 1 N–H and O–H groups in total. The lowest BCUT2D eigenvalue weighted by Crippen LogP contribution is -2.59. The van der Waals surface area contributed by atoms with Crippen LogP contribution in [0.4, 0.5) is 0 Å². The van der Waals surface area contributed by atoms with Gasteiger partial charge in [-0.2, -0.15) is 0 Å². The molecule has 5 rings (SSSR count). The van der Waals surface area contributed by atoms with Crippen LogP contribution in [0.1, 0.15) is 70.7 Å². The van der Waals surface area contributed by atoms with Crippen molar-refractivity contribution in [3.63, 3.8) is 0 Å². The number of hydrogen-bond acceptors (Lipinski definition) is 5. The Labute approximate surface area is 239 Å². The second-order valence-corrected chi connectivity index (χ2v) is 11.7. The van der Waals surface area contributed by atoms with Crippen molar-refractivity contribution in [3.05, 3.63) is 30.0 Å². The Hall–Kier alpha value is -3.07. The van der Waals surface area contributed by atoms with Gasteiger partial charge in [-0.15, -0.1) is 0 Å². The van der Waals surface area contributed by atoms with Gasteiger partial charge in [0.25, 0.3) is 5.91 Å². The Bertz CT molecular complexity index is 1150. The van der Waals surface area contributed by atoms with Crippen molar-refractivity contribution < 1.29 is 19.1 Å². The predicted molar refractivity (Wildman–Crippen MR) is 159 cm³/mol. The molecular formula is C31H49N5O4. The first-order valence-corrected chi connectivity index (χ1v) is 14.8. The Kier molecular flexibility index (Phi) is 11.4. The zero-order valence-electron chi connectivity index (χ0n) is 25.5. The number of aromatic nitrogens is 1. The quantitative estimate of drug-likeness (QED) is 0.600. The molecule has 0 saturated carbocycles. The molecule has 0 aliphatic carbocycles. The lowest BCUT2D eigenvalue weighted by atomic mass is 9.97. The normalized spacial score (nSPS) is 19.3. The number of aryl methyl sites for hydroxylation is 1. The summed E-state index contributed by atoms with van der Waals surface area (Å²) in [6, 6.07) is 5.62. The largest absolute Gasteiger partial charge is 0.495 e. The highest BCUT2D eigenvalue weighted by molar-refractivity contribution is 6.10. The Morgan fingerprint density at radius 3 is 2.30 bits per heavy atom. The molecule has 40 heavy (non-hydrogen) atoms. The number of amides is 3. The summed E-state index contributed by atoms with van der Waals surface area (Å²) in [5.74, 6) is 1.59. The van der Waals surface area contributed by atoms with E-state index in [0.717, 1.165) is 42.8 Å². The van der Waals surface area contributed by atoms with Crippen LogP contribution < -0.4 is 10.1 Å². The van der Waals surface area contributed by atoms with Crippen LogP contribution >= 0.6 is 0 Å². The number of hydrogen-bond donors (Lipinski definition) is 1. The summed E-state index contributed by atoms with van der Waals surface area (Å²) in [4.78, 5) is 44.1. The number of carbonyl (C=O) groups excluding carboxylic acids is 3. The van der Waals surface area contributed by atoms with Crippen LogP contribution in [0.2, 0.25) is 0 Å². The molecule has 0 spiro atoms. The molecule has 3 fully saturated rings. The van der Waals surface area contributed by atoms with Crippen molar-refractivity contribution in [1.82, 2.24) is 24.6 Å². The third-order valence-corrected chi connectivity index (χ3v) is 7.50. The van der Waals surface area contributed by atoms with Gasteiger partial charge in [-0.05, 0) is 43.8 Å². The van der Waals surface area contributed by atoms with Crippen LogP contribution in [0.25, 0.3) is 10.9 Å². The number of carbonyl (C=O) groups is 3. The van der Waals surface area contributed by atoms with E-state index in [1.165, 1.54) is 12.8 Å². The fraction of sp³-hybridized carbons (Fsp3) is 0.645. The molecule has 1 aromatic heterocycles. The average molecular weight is 556 g/mol. The smallest absolute Gasteiger partial charge is 0.258 e. The van der Waals surface area contributed by atoms with Crippen molar-refractivity contribution in [2.45, 2.75) is 66.5 Å². The molecule has 0 bridgehead atoms. The van der Waals surface area contributed by atoms with E-state index < -0.39 is 6.17 Å². The number of piperidine rings is 1. The van der Waals surface area contributed by atoms with E-state index in [-0.39, 0.29) is 30.8 Å². The van der Waals surface area contributed by atoms with Gasteiger partial charge in [0.2, 0.25) is 11.8 Å². The Balaban J connectivity index is 0.000000490. The van der Waals surface area contributed by atoms with Gasteiger partial charge < -0.3 is 29.3 Å². The molecule has 4 heterocycles. The summed E-state index contributed by atoms with van der Waals surface area (Å²) in [5.41, 5.74) is 1.38. The van der Waals surface area contributed by atoms with E-state index in [0.29, 0.717) is 30.3 Å². The van der Waals surface area contributed by atoms with Crippen LogP contribution in [0, 0.1) is 11.8 Å². The number of benzene rings is 1. The molecule has 222 valence electrons. The standard InChI is InChI=1S/C23H29N5O4.2C4H10/c1-25-11-17(16-4-3-5-18(32-2)22(16)25)23(31)28-14-21(30)27-13-20(29)26(12-19(27)28)10-15-6-8-24-9-7-15;1-4(2)3;1-3-4-2/h3-5,11,15,19,24H,6-10,12-14H2,1-2H3;4H,1-3H3;3-4H2,1-2H3. The first-order chi connectivity index (χ1) is 19.1.